The van der Waals surface area contributed by atoms with Gasteiger partial charge in [0.05, 0.1) is 33.6 Å². The van der Waals surface area contributed by atoms with E-state index in [4.69, 9.17) is 4.52 Å². The maximum absolute atomic E-state index is 13.4. The third-order valence-electron chi connectivity index (χ3n) is 5.39. The highest BCUT2D eigenvalue weighted by Crippen LogP contribution is 2.33. The van der Waals surface area contributed by atoms with Crippen molar-refractivity contribution >= 4 is 17.8 Å². The van der Waals surface area contributed by atoms with E-state index in [0.717, 1.165) is 5.56 Å². The molecular weight excluding hydrogens is 395 g/mol. The number of likely N-dealkylation sites (tertiary alicyclic amines) is 1. The maximum Gasteiger partial charge on any atom is 0.276 e. The van der Waals surface area contributed by atoms with Gasteiger partial charge in [-0.2, -0.15) is 0 Å². The van der Waals surface area contributed by atoms with Crippen LogP contribution in [0.3, 0.4) is 0 Å². The molecule has 0 saturated carbocycles. The Morgan fingerprint density at radius 2 is 1.87 bits per heavy atom. The van der Waals surface area contributed by atoms with Crippen LogP contribution in [0.25, 0.3) is 5.70 Å². The quantitative estimate of drug-likeness (QED) is 0.416. The molecule has 2 aromatic rings. The molecule has 1 amide bonds. The summed E-state index contributed by atoms with van der Waals surface area (Å²) in [4.78, 5) is 19.1. The second-order valence-electron chi connectivity index (χ2n) is 8.19. The molecule has 2 unspecified atom stereocenters. The average molecular weight is 426 g/mol. The second kappa shape index (κ2) is 10.2. The number of allylic oxidation sites excluding steroid dienone is 1. The fourth-order valence-corrected chi connectivity index (χ4v) is 3.85. The lowest BCUT2D eigenvalue weighted by atomic mass is 9.92. The molecule has 3 rings (SSSR count). The standard InChI is InChI=1S/C22H28FN4O2.C2H2/c1-6-18(24-7-2)21-12-19(25-29-21)22(28)26-13-17(20(14-26)27(3,4)5)15-8-10-16(23)11-9-15;1-2/h6-12,17,20H,13-14H2,1-5H3;1-2H/q+1;/b18-6-,24-7?;. The van der Waals surface area contributed by atoms with E-state index in [1.807, 2.05) is 37.0 Å². The van der Waals surface area contributed by atoms with E-state index in [9.17, 15) is 9.18 Å². The van der Waals surface area contributed by atoms with Crippen molar-refractivity contribution in [1.82, 2.24) is 10.1 Å². The van der Waals surface area contributed by atoms with Gasteiger partial charge in [-0.3, -0.25) is 9.79 Å². The smallest absolute Gasteiger partial charge is 0.276 e. The first-order valence-corrected chi connectivity index (χ1v) is 10.1. The summed E-state index contributed by atoms with van der Waals surface area (Å²) in [6.07, 6.45) is 11.5. The van der Waals surface area contributed by atoms with Crippen LogP contribution in [0.4, 0.5) is 4.39 Å². The van der Waals surface area contributed by atoms with Crippen LogP contribution in [0.5, 0.6) is 0 Å². The fourth-order valence-electron chi connectivity index (χ4n) is 3.85. The van der Waals surface area contributed by atoms with Gasteiger partial charge in [-0.25, -0.2) is 4.39 Å². The van der Waals surface area contributed by atoms with Crippen LogP contribution in [0.1, 0.15) is 41.6 Å². The maximum atomic E-state index is 13.4. The number of nitrogens with zero attached hydrogens (tertiary/aromatic N) is 4. The highest BCUT2D eigenvalue weighted by molar-refractivity contribution is 5.93. The van der Waals surface area contributed by atoms with Crippen LogP contribution in [0.2, 0.25) is 0 Å². The number of rotatable bonds is 5. The van der Waals surface area contributed by atoms with Gasteiger partial charge in [-0.15, -0.1) is 12.8 Å². The number of terminal acetylenes is 1. The monoisotopic (exact) mass is 425 g/mol. The zero-order valence-electron chi connectivity index (χ0n) is 18.7. The predicted molar refractivity (Wildman–Crippen MR) is 121 cm³/mol. The summed E-state index contributed by atoms with van der Waals surface area (Å²) in [5.41, 5.74) is 1.94. The van der Waals surface area contributed by atoms with Gasteiger partial charge >= 0.3 is 0 Å². The molecule has 2 heterocycles. The molecule has 2 atom stereocenters. The highest BCUT2D eigenvalue weighted by Gasteiger charge is 2.44. The Morgan fingerprint density at radius 3 is 2.42 bits per heavy atom. The van der Waals surface area contributed by atoms with Gasteiger partial charge in [0.25, 0.3) is 5.91 Å². The largest absolute Gasteiger partial charge is 0.354 e. The molecule has 0 spiro atoms. The van der Waals surface area contributed by atoms with Gasteiger partial charge in [-0.1, -0.05) is 23.4 Å². The summed E-state index contributed by atoms with van der Waals surface area (Å²) < 4.78 is 19.4. The Labute approximate surface area is 183 Å². The van der Waals surface area contributed by atoms with Crippen molar-refractivity contribution in [1.29, 1.82) is 0 Å². The molecule has 0 aliphatic carbocycles. The second-order valence-corrected chi connectivity index (χ2v) is 8.19. The van der Waals surface area contributed by atoms with Crippen LogP contribution < -0.4 is 0 Å². The number of hydrogen-bond acceptors (Lipinski definition) is 4. The molecule has 1 aromatic heterocycles. The van der Waals surface area contributed by atoms with Crippen molar-refractivity contribution in [2.24, 2.45) is 4.99 Å². The van der Waals surface area contributed by atoms with Crippen molar-refractivity contribution in [3.63, 3.8) is 0 Å². The minimum absolute atomic E-state index is 0.113. The minimum Gasteiger partial charge on any atom is -0.354 e. The van der Waals surface area contributed by atoms with Gasteiger partial charge in [-0.05, 0) is 31.5 Å². The van der Waals surface area contributed by atoms with Crippen LogP contribution in [0.15, 0.2) is 45.9 Å². The Bertz CT molecular complexity index is 967. The van der Waals surface area contributed by atoms with E-state index < -0.39 is 0 Å². The SMILES string of the molecule is C#C.CC=N/C(=C\C)c1cc(C(=O)N2CC(c3ccc(F)cc3)C([N+](C)(C)C)C2)no1. The molecule has 164 valence electrons. The van der Waals surface area contributed by atoms with Gasteiger partial charge in [0.1, 0.15) is 17.6 Å². The van der Waals surface area contributed by atoms with Gasteiger partial charge in [0.15, 0.2) is 11.5 Å². The van der Waals surface area contributed by atoms with Gasteiger partial charge in [0, 0.05) is 18.8 Å². The lowest BCUT2D eigenvalue weighted by molar-refractivity contribution is -0.895. The summed E-state index contributed by atoms with van der Waals surface area (Å²) in [7, 11) is 6.35. The number of hydrogen-bond donors (Lipinski definition) is 0. The van der Waals surface area contributed by atoms with E-state index >= 15 is 0 Å². The van der Waals surface area contributed by atoms with E-state index in [0.29, 0.717) is 29.0 Å². The molecule has 31 heavy (non-hydrogen) atoms. The lowest BCUT2D eigenvalue weighted by Crippen LogP contribution is -2.49. The minimum atomic E-state index is -0.258. The van der Waals surface area contributed by atoms with E-state index in [1.54, 1.807) is 12.3 Å². The number of aromatic nitrogens is 1. The van der Waals surface area contributed by atoms with Crippen LogP contribution in [-0.2, 0) is 0 Å². The summed E-state index contributed by atoms with van der Waals surface area (Å²) in [5, 5.41) is 3.97. The number of quaternary nitrogens is 1. The molecule has 0 radical (unpaired) electrons. The number of aliphatic imine (C=N–C) groups is 1. The molecule has 1 fully saturated rings. The summed E-state index contributed by atoms with van der Waals surface area (Å²) in [5.74, 6) is 0.151. The first-order valence-electron chi connectivity index (χ1n) is 10.1. The Morgan fingerprint density at radius 1 is 1.23 bits per heavy atom. The van der Waals surface area contributed by atoms with Gasteiger partial charge < -0.3 is 13.9 Å². The van der Waals surface area contributed by atoms with Crippen molar-refractivity contribution in [3.05, 3.63) is 59.2 Å². The number of likely N-dealkylation sites (N-methyl/N-ethyl adjacent to an activating group) is 1. The summed E-state index contributed by atoms with van der Waals surface area (Å²) >= 11 is 0. The van der Waals surface area contributed by atoms with Gasteiger partial charge in [0.2, 0.25) is 0 Å². The summed E-state index contributed by atoms with van der Waals surface area (Å²) in [6, 6.07) is 8.40. The number of amides is 1. The zero-order chi connectivity index (χ0) is 23.2. The molecule has 1 aromatic carbocycles. The number of carbonyl (C=O) groups is 1. The Balaban J connectivity index is 0.00000166. The molecule has 1 aliphatic rings. The molecule has 7 heteroatoms. The molecule has 0 bridgehead atoms. The van der Waals surface area contributed by atoms with Crippen LogP contribution >= 0.6 is 0 Å². The van der Waals surface area contributed by atoms with Crippen molar-refractivity contribution in [3.8, 4) is 12.8 Å². The molecule has 1 aliphatic heterocycles. The van der Waals surface area contributed by atoms with E-state index in [-0.39, 0.29) is 29.4 Å². The predicted octanol–water partition coefficient (Wildman–Crippen LogP) is 3.83. The summed E-state index contributed by atoms with van der Waals surface area (Å²) in [6.45, 7) is 4.81. The van der Waals surface area contributed by atoms with Crippen molar-refractivity contribution in [2.75, 3.05) is 34.2 Å². The topological polar surface area (TPSA) is 58.7 Å². The van der Waals surface area contributed by atoms with Crippen LogP contribution in [0, 0.1) is 18.7 Å². The molecule has 6 nitrogen and oxygen atoms in total. The molecule has 0 N–H and O–H groups in total. The number of halogens is 1. The zero-order valence-corrected chi connectivity index (χ0v) is 18.7. The van der Waals surface area contributed by atoms with Crippen molar-refractivity contribution in [2.45, 2.75) is 25.8 Å². The van der Waals surface area contributed by atoms with Crippen molar-refractivity contribution < 1.29 is 18.2 Å². The van der Waals surface area contributed by atoms with E-state index in [2.05, 4.69) is 44.1 Å². The normalized spacial score (nSPS) is 19.4. The molecular formula is C24H30FN4O2+. The van der Waals surface area contributed by atoms with E-state index in [1.165, 1.54) is 12.1 Å². The Kier molecular flexibility index (Phi) is 7.89. The number of benzene rings is 1. The third kappa shape index (κ3) is 5.47. The third-order valence-corrected chi connectivity index (χ3v) is 5.39. The lowest BCUT2D eigenvalue weighted by Gasteiger charge is -2.34. The van der Waals surface area contributed by atoms with Crippen LogP contribution in [-0.4, -0.2) is 66.9 Å². The Hall–Kier alpha value is -3.24. The fraction of sp³-hybridized carbons (Fsp3) is 0.375. The molecule has 1 saturated heterocycles. The first kappa shape index (κ1) is 24.0. The highest BCUT2D eigenvalue weighted by atomic mass is 19.1. The number of carbonyl (C=O) groups excluding carboxylic acids is 1. The average Bonchev–Trinajstić information content (AvgIpc) is 3.41. The first-order chi connectivity index (χ1) is 14.7.